The standard InChI is InChI=1S/C19H23N3O3/c1-12-5-7-13(8-6-12)22-14(9-10-17(22)23)18(24)20-16-11-15(21-25-16)19(2,3)4/h5-8,11,14H,9-10H2,1-4H3,(H,20,24)/t14-/m0/s1. The van der Waals surface area contributed by atoms with Gasteiger partial charge in [0.2, 0.25) is 17.7 Å². The summed E-state index contributed by atoms with van der Waals surface area (Å²) in [5.41, 5.74) is 2.44. The molecule has 0 spiro atoms. The van der Waals surface area contributed by atoms with Crippen molar-refractivity contribution in [2.24, 2.45) is 0 Å². The van der Waals surface area contributed by atoms with Crippen molar-refractivity contribution in [3.8, 4) is 0 Å². The van der Waals surface area contributed by atoms with Gasteiger partial charge in [-0.3, -0.25) is 19.8 Å². The lowest BCUT2D eigenvalue weighted by Crippen LogP contribution is -2.41. The van der Waals surface area contributed by atoms with Crippen LogP contribution in [0.4, 0.5) is 11.6 Å². The quantitative estimate of drug-likeness (QED) is 0.928. The normalized spacial score (nSPS) is 17.8. The van der Waals surface area contributed by atoms with Gasteiger partial charge in [0.25, 0.3) is 0 Å². The molecule has 0 saturated carbocycles. The molecule has 1 aliphatic rings. The van der Waals surface area contributed by atoms with Gasteiger partial charge in [0.1, 0.15) is 6.04 Å². The summed E-state index contributed by atoms with van der Waals surface area (Å²) >= 11 is 0. The van der Waals surface area contributed by atoms with E-state index in [1.54, 1.807) is 11.0 Å². The number of aryl methyl sites for hydroxylation is 1. The maximum absolute atomic E-state index is 12.7. The van der Waals surface area contributed by atoms with E-state index in [1.165, 1.54) is 0 Å². The highest BCUT2D eigenvalue weighted by molar-refractivity contribution is 6.07. The minimum absolute atomic E-state index is 0.0445. The van der Waals surface area contributed by atoms with Crippen LogP contribution in [0.2, 0.25) is 0 Å². The van der Waals surface area contributed by atoms with Crippen molar-refractivity contribution in [2.45, 2.75) is 52.0 Å². The number of carbonyl (C=O) groups excluding carboxylic acids is 2. The van der Waals surface area contributed by atoms with Gasteiger partial charge in [-0.2, -0.15) is 0 Å². The summed E-state index contributed by atoms with van der Waals surface area (Å²) in [6.45, 7) is 8.04. The van der Waals surface area contributed by atoms with Crippen molar-refractivity contribution < 1.29 is 14.1 Å². The molecule has 2 amide bonds. The van der Waals surface area contributed by atoms with E-state index in [0.29, 0.717) is 18.7 Å². The number of aromatic nitrogens is 1. The van der Waals surface area contributed by atoms with Crippen LogP contribution in [-0.4, -0.2) is 23.0 Å². The predicted molar refractivity (Wildman–Crippen MR) is 95.5 cm³/mol. The largest absolute Gasteiger partial charge is 0.338 e. The summed E-state index contributed by atoms with van der Waals surface area (Å²) in [4.78, 5) is 26.5. The number of anilines is 2. The summed E-state index contributed by atoms with van der Waals surface area (Å²) in [5.74, 6) is -0.00174. The molecule has 1 saturated heterocycles. The molecule has 1 fully saturated rings. The van der Waals surface area contributed by atoms with Gasteiger partial charge in [-0.15, -0.1) is 0 Å². The van der Waals surface area contributed by atoms with Crippen LogP contribution in [0, 0.1) is 6.92 Å². The summed E-state index contributed by atoms with van der Waals surface area (Å²) < 4.78 is 5.22. The van der Waals surface area contributed by atoms with Crippen molar-refractivity contribution in [1.82, 2.24) is 5.16 Å². The Morgan fingerprint density at radius 3 is 2.56 bits per heavy atom. The van der Waals surface area contributed by atoms with Crippen molar-refractivity contribution in [3.63, 3.8) is 0 Å². The number of carbonyl (C=O) groups is 2. The van der Waals surface area contributed by atoms with Gasteiger partial charge in [-0.1, -0.05) is 43.6 Å². The Kier molecular flexibility index (Phi) is 4.37. The molecule has 1 aromatic heterocycles. The number of benzene rings is 1. The molecule has 6 heteroatoms. The van der Waals surface area contributed by atoms with Crippen LogP contribution in [0.1, 0.15) is 44.9 Å². The Labute approximate surface area is 147 Å². The van der Waals surface area contributed by atoms with E-state index in [-0.39, 0.29) is 17.2 Å². The molecule has 2 heterocycles. The second-order valence-electron chi connectivity index (χ2n) is 7.47. The Balaban J connectivity index is 1.77. The number of rotatable bonds is 3. The Hall–Kier alpha value is -2.63. The van der Waals surface area contributed by atoms with E-state index in [4.69, 9.17) is 4.52 Å². The third-order valence-corrected chi connectivity index (χ3v) is 4.35. The first-order valence-corrected chi connectivity index (χ1v) is 8.42. The monoisotopic (exact) mass is 341 g/mol. The van der Waals surface area contributed by atoms with Crippen LogP contribution in [-0.2, 0) is 15.0 Å². The zero-order chi connectivity index (χ0) is 18.2. The number of hydrogen-bond acceptors (Lipinski definition) is 4. The molecule has 1 aliphatic heterocycles. The SMILES string of the molecule is Cc1ccc(N2C(=O)CC[C@H]2C(=O)Nc2cc(C(C)(C)C)no2)cc1. The van der Waals surface area contributed by atoms with E-state index < -0.39 is 6.04 Å². The first-order valence-electron chi connectivity index (χ1n) is 8.42. The Morgan fingerprint density at radius 2 is 1.96 bits per heavy atom. The highest BCUT2D eigenvalue weighted by Gasteiger charge is 2.37. The Morgan fingerprint density at radius 1 is 1.28 bits per heavy atom. The molecule has 0 unspecified atom stereocenters. The van der Waals surface area contributed by atoms with Crippen LogP contribution >= 0.6 is 0 Å². The number of amides is 2. The lowest BCUT2D eigenvalue weighted by atomic mass is 9.92. The molecular weight excluding hydrogens is 318 g/mol. The maximum Gasteiger partial charge on any atom is 0.249 e. The molecule has 3 rings (SSSR count). The van der Waals surface area contributed by atoms with Gasteiger partial charge in [0, 0.05) is 23.6 Å². The maximum atomic E-state index is 12.7. The van der Waals surface area contributed by atoms with Crippen LogP contribution in [0.15, 0.2) is 34.9 Å². The van der Waals surface area contributed by atoms with Gasteiger partial charge in [0.05, 0.1) is 5.69 Å². The molecule has 0 radical (unpaired) electrons. The zero-order valence-electron chi connectivity index (χ0n) is 15.0. The van der Waals surface area contributed by atoms with E-state index in [2.05, 4.69) is 10.5 Å². The average Bonchev–Trinajstić information content (AvgIpc) is 3.15. The zero-order valence-corrected chi connectivity index (χ0v) is 15.0. The fourth-order valence-corrected chi connectivity index (χ4v) is 2.85. The minimum Gasteiger partial charge on any atom is -0.338 e. The van der Waals surface area contributed by atoms with E-state index >= 15 is 0 Å². The van der Waals surface area contributed by atoms with Gasteiger partial charge < -0.3 is 4.52 Å². The topological polar surface area (TPSA) is 75.4 Å². The lowest BCUT2D eigenvalue weighted by molar-refractivity contribution is -0.120. The lowest BCUT2D eigenvalue weighted by Gasteiger charge is -2.23. The Bertz CT molecular complexity index is 787. The van der Waals surface area contributed by atoms with E-state index in [9.17, 15) is 9.59 Å². The van der Waals surface area contributed by atoms with Gasteiger partial charge in [0.15, 0.2) is 0 Å². The molecule has 0 bridgehead atoms. The first-order chi connectivity index (χ1) is 11.8. The van der Waals surface area contributed by atoms with Crippen molar-refractivity contribution >= 4 is 23.4 Å². The van der Waals surface area contributed by atoms with E-state index in [1.807, 2.05) is 52.0 Å². The summed E-state index contributed by atoms with van der Waals surface area (Å²) in [5, 5.41) is 6.74. The van der Waals surface area contributed by atoms with Crippen molar-refractivity contribution in [1.29, 1.82) is 0 Å². The number of hydrogen-bond donors (Lipinski definition) is 1. The summed E-state index contributed by atoms with van der Waals surface area (Å²) in [6.07, 6.45) is 0.842. The van der Waals surface area contributed by atoms with Gasteiger partial charge in [-0.25, -0.2) is 0 Å². The van der Waals surface area contributed by atoms with Gasteiger partial charge >= 0.3 is 0 Å². The van der Waals surface area contributed by atoms with E-state index in [0.717, 1.165) is 16.9 Å². The molecule has 2 aromatic rings. The third kappa shape index (κ3) is 3.57. The fourth-order valence-electron chi connectivity index (χ4n) is 2.85. The van der Waals surface area contributed by atoms with Crippen molar-refractivity contribution in [3.05, 3.63) is 41.6 Å². The first kappa shape index (κ1) is 17.2. The molecule has 1 aromatic carbocycles. The molecular formula is C19H23N3O3. The highest BCUT2D eigenvalue weighted by atomic mass is 16.5. The van der Waals surface area contributed by atoms with Crippen LogP contribution < -0.4 is 10.2 Å². The second-order valence-corrected chi connectivity index (χ2v) is 7.47. The molecule has 25 heavy (non-hydrogen) atoms. The summed E-state index contributed by atoms with van der Waals surface area (Å²) in [6, 6.07) is 8.78. The highest BCUT2D eigenvalue weighted by Crippen LogP contribution is 2.29. The second kappa shape index (κ2) is 6.35. The molecule has 1 N–H and O–H groups in total. The molecule has 1 atom stereocenters. The van der Waals surface area contributed by atoms with Crippen LogP contribution in [0.25, 0.3) is 0 Å². The predicted octanol–water partition coefficient (Wildman–Crippen LogP) is 3.41. The summed E-state index contributed by atoms with van der Waals surface area (Å²) in [7, 11) is 0. The van der Waals surface area contributed by atoms with Crippen LogP contribution in [0.3, 0.4) is 0 Å². The van der Waals surface area contributed by atoms with Crippen molar-refractivity contribution in [2.75, 3.05) is 10.2 Å². The van der Waals surface area contributed by atoms with Gasteiger partial charge in [-0.05, 0) is 25.5 Å². The number of nitrogens with zero attached hydrogens (tertiary/aromatic N) is 2. The average molecular weight is 341 g/mol. The minimum atomic E-state index is -0.543. The smallest absolute Gasteiger partial charge is 0.249 e. The third-order valence-electron chi connectivity index (χ3n) is 4.35. The molecule has 0 aliphatic carbocycles. The molecule has 6 nitrogen and oxygen atoms in total. The number of nitrogens with one attached hydrogen (secondary N) is 1. The van der Waals surface area contributed by atoms with Crippen LogP contribution in [0.5, 0.6) is 0 Å². The fraction of sp³-hybridized carbons (Fsp3) is 0.421. The molecule has 132 valence electrons.